The lowest BCUT2D eigenvalue weighted by Gasteiger charge is -2.43. The van der Waals surface area contributed by atoms with Crippen molar-refractivity contribution < 1.29 is 9.53 Å². The van der Waals surface area contributed by atoms with Crippen molar-refractivity contribution in [1.82, 2.24) is 20.4 Å². The van der Waals surface area contributed by atoms with Gasteiger partial charge in [0, 0.05) is 46.2 Å². The normalized spacial score (nSPS) is 17.0. The maximum Gasteiger partial charge on any atom is 0.276 e. The molecule has 0 spiro atoms. The van der Waals surface area contributed by atoms with Gasteiger partial charge >= 0.3 is 0 Å². The van der Waals surface area contributed by atoms with Crippen molar-refractivity contribution in [2.75, 3.05) is 19.0 Å². The lowest BCUT2D eigenvalue weighted by atomic mass is 9.79. The van der Waals surface area contributed by atoms with E-state index in [0.29, 0.717) is 12.2 Å². The summed E-state index contributed by atoms with van der Waals surface area (Å²) in [6.07, 6.45) is 5.49. The molecule has 1 amide bonds. The number of benzene rings is 3. The van der Waals surface area contributed by atoms with Gasteiger partial charge in [-0.05, 0) is 36.8 Å². The standard InChI is InChI=1S/C31H27N5O2S/c1-3-36-30(37)31(23-10-5-4-6-11-23,35-27-19-32-17-22-9-7-8-12-25(22)27)26(18-33-36)28-20-39-29(34-28)21-13-15-24(38-2)16-14-21/h4-20,33,35H,3H2,1-2H3. The van der Waals surface area contributed by atoms with Crippen LogP contribution in [-0.4, -0.2) is 34.5 Å². The molecule has 2 N–H and O–H groups in total. The van der Waals surface area contributed by atoms with E-state index in [9.17, 15) is 4.79 Å². The van der Waals surface area contributed by atoms with Gasteiger partial charge in [-0.1, -0.05) is 54.6 Å². The fourth-order valence-electron chi connectivity index (χ4n) is 4.97. The largest absolute Gasteiger partial charge is 0.497 e. The number of likely N-dealkylation sites (N-methyl/N-ethyl adjacent to an activating group) is 1. The topological polar surface area (TPSA) is 79.4 Å². The van der Waals surface area contributed by atoms with Crippen LogP contribution in [0.25, 0.3) is 26.9 Å². The molecule has 194 valence electrons. The van der Waals surface area contributed by atoms with E-state index in [0.717, 1.165) is 43.9 Å². The Morgan fingerprint density at radius 1 is 1.00 bits per heavy atom. The number of rotatable bonds is 7. The van der Waals surface area contributed by atoms with Crippen LogP contribution in [0.2, 0.25) is 0 Å². The molecule has 0 aliphatic carbocycles. The van der Waals surface area contributed by atoms with Gasteiger partial charge in [-0.15, -0.1) is 11.3 Å². The molecule has 1 aliphatic heterocycles. The van der Waals surface area contributed by atoms with E-state index >= 15 is 0 Å². The first-order chi connectivity index (χ1) is 19.1. The number of ether oxygens (including phenoxy) is 1. The number of aromatic nitrogens is 2. The monoisotopic (exact) mass is 533 g/mol. The van der Waals surface area contributed by atoms with Crippen LogP contribution in [0.4, 0.5) is 5.69 Å². The Balaban J connectivity index is 1.54. The SMILES string of the molecule is CCN1NC=C(c2csc(-c3ccc(OC)cc3)n2)C(Nc2cncc3ccccc23)(c2ccccc2)C1=O. The lowest BCUT2D eigenvalue weighted by Crippen LogP contribution is -2.59. The number of thiazole rings is 1. The van der Waals surface area contributed by atoms with Crippen molar-refractivity contribution in [3.63, 3.8) is 0 Å². The Kier molecular flexibility index (Phi) is 6.46. The Bertz CT molecular complexity index is 1660. The Morgan fingerprint density at radius 3 is 2.54 bits per heavy atom. The molecule has 6 rings (SSSR count). The first-order valence-electron chi connectivity index (χ1n) is 12.7. The zero-order chi connectivity index (χ0) is 26.8. The quantitative estimate of drug-likeness (QED) is 0.264. The van der Waals surface area contributed by atoms with Crippen LogP contribution in [0.15, 0.2) is 103 Å². The number of nitrogens with zero attached hydrogens (tertiary/aromatic N) is 3. The van der Waals surface area contributed by atoms with E-state index in [1.165, 1.54) is 11.3 Å². The number of hydrogen-bond donors (Lipinski definition) is 2. The number of pyridine rings is 1. The Hall–Kier alpha value is -4.69. The molecule has 39 heavy (non-hydrogen) atoms. The van der Waals surface area contributed by atoms with E-state index in [4.69, 9.17) is 9.72 Å². The van der Waals surface area contributed by atoms with Crippen molar-refractivity contribution >= 4 is 39.3 Å². The number of methoxy groups -OCH3 is 1. The van der Waals surface area contributed by atoms with Crippen LogP contribution in [0.1, 0.15) is 18.2 Å². The van der Waals surface area contributed by atoms with Gasteiger partial charge in [0.2, 0.25) is 0 Å². The van der Waals surface area contributed by atoms with Crippen LogP contribution < -0.4 is 15.5 Å². The van der Waals surface area contributed by atoms with Gasteiger partial charge < -0.3 is 15.5 Å². The highest BCUT2D eigenvalue weighted by Gasteiger charge is 2.50. The van der Waals surface area contributed by atoms with Crippen molar-refractivity contribution in [2.45, 2.75) is 12.5 Å². The van der Waals surface area contributed by atoms with Gasteiger partial charge in [-0.25, -0.2) is 4.98 Å². The molecule has 1 unspecified atom stereocenters. The van der Waals surface area contributed by atoms with Crippen LogP contribution in [0, 0.1) is 0 Å². The summed E-state index contributed by atoms with van der Waals surface area (Å²) in [5.74, 6) is 0.664. The van der Waals surface area contributed by atoms with Gasteiger partial charge in [0.05, 0.1) is 24.7 Å². The molecule has 0 saturated heterocycles. The number of amides is 1. The summed E-state index contributed by atoms with van der Waals surface area (Å²) in [5.41, 5.74) is 5.94. The second-order valence-corrected chi connectivity index (χ2v) is 10.0. The summed E-state index contributed by atoms with van der Waals surface area (Å²) in [6.45, 7) is 2.43. The highest BCUT2D eigenvalue weighted by molar-refractivity contribution is 7.13. The first-order valence-corrected chi connectivity index (χ1v) is 13.6. The summed E-state index contributed by atoms with van der Waals surface area (Å²) in [6, 6.07) is 25.7. The number of fused-ring (bicyclic) bond motifs is 1. The molecule has 0 bridgehead atoms. The third-order valence-electron chi connectivity index (χ3n) is 6.97. The molecule has 8 heteroatoms. The average molecular weight is 534 g/mol. The highest BCUT2D eigenvalue weighted by Crippen LogP contribution is 2.44. The maximum atomic E-state index is 14.5. The summed E-state index contributed by atoms with van der Waals surface area (Å²) in [5, 5.41) is 10.1. The smallest absolute Gasteiger partial charge is 0.276 e. The average Bonchev–Trinajstić information content (AvgIpc) is 3.49. The highest BCUT2D eigenvalue weighted by atomic mass is 32.1. The molecular weight excluding hydrogens is 506 g/mol. The second kappa shape index (κ2) is 10.2. The molecule has 7 nitrogen and oxygen atoms in total. The van der Waals surface area contributed by atoms with Crippen LogP contribution >= 0.6 is 11.3 Å². The molecule has 0 fully saturated rings. The minimum atomic E-state index is -1.25. The Morgan fingerprint density at radius 2 is 1.77 bits per heavy atom. The van der Waals surface area contributed by atoms with E-state index < -0.39 is 5.54 Å². The molecular formula is C31H27N5O2S. The van der Waals surface area contributed by atoms with E-state index in [1.54, 1.807) is 18.3 Å². The molecule has 0 saturated carbocycles. The predicted molar refractivity (Wildman–Crippen MR) is 156 cm³/mol. The zero-order valence-corrected chi connectivity index (χ0v) is 22.4. The van der Waals surface area contributed by atoms with Crippen LogP contribution in [-0.2, 0) is 10.3 Å². The second-order valence-electron chi connectivity index (χ2n) is 9.15. The van der Waals surface area contributed by atoms with Gasteiger partial charge in [-0.3, -0.25) is 14.8 Å². The summed E-state index contributed by atoms with van der Waals surface area (Å²) >= 11 is 1.54. The first kappa shape index (κ1) is 24.6. The number of carbonyl (C=O) groups excluding carboxylic acids is 1. The van der Waals surface area contributed by atoms with Gasteiger partial charge in [-0.2, -0.15) is 0 Å². The summed E-state index contributed by atoms with van der Waals surface area (Å²) in [7, 11) is 1.65. The molecule has 1 aliphatic rings. The molecule has 3 aromatic carbocycles. The number of anilines is 1. The van der Waals surface area contributed by atoms with E-state index in [1.807, 2.05) is 104 Å². The summed E-state index contributed by atoms with van der Waals surface area (Å²) < 4.78 is 5.31. The van der Waals surface area contributed by atoms with Crippen LogP contribution in [0.3, 0.4) is 0 Å². The van der Waals surface area contributed by atoms with E-state index in [-0.39, 0.29) is 5.91 Å². The molecule has 0 radical (unpaired) electrons. The molecule has 1 atom stereocenters. The lowest BCUT2D eigenvalue weighted by molar-refractivity contribution is -0.137. The third kappa shape index (κ3) is 4.28. The molecule has 2 aromatic heterocycles. The fraction of sp³-hybridized carbons (Fsp3) is 0.129. The van der Waals surface area contributed by atoms with Gasteiger partial charge in [0.25, 0.3) is 5.91 Å². The summed E-state index contributed by atoms with van der Waals surface area (Å²) in [4.78, 5) is 23.9. The van der Waals surface area contributed by atoms with Crippen molar-refractivity contribution in [2.24, 2.45) is 0 Å². The minimum absolute atomic E-state index is 0.124. The minimum Gasteiger partial charge on any atom is -0.497 e. The number of hydrazine groups is 1. The maximum absolute atomic E-state index is 14.5. The predicted octanol–water partition coefficient (Wildman–Crippen LogP) is 6.08. The third-order valence-corrected chi connectivity index (χ3v) is 7.86. The van der Waals surface area contributed by atoms with Crippen molar-refractivity contribution in [3.05, 3.63) is 114 Å². The molecule has 5 aromatic rings. The fourth-order valence-corrected chi connectivity index (χ4v) is 5.80. The zero-order valence-electron chi connectivity index (χ0n) is 21.6. The Labute approximate surface area is 230 Å². The van der Waals surface area contributed by atoms with Crippen molar-refractivity contribution in [1.29, 1.82) is 0 Å². The number of hydrogen-bond acceptors (Lipinski definition) is 7. The van der Waals surface area contributed by atoms with Gasteiger partial charge in [0.1, 0.15) is 10.8 Å². The van der Waals surface area contributed by atoms with Crippen LogP contribution in [0.5, 0.6) is 5.75 Å². The molecule has 3 heterocycles. The van der Waals surface area contributed by atoms with Crippen molar-refractivity contribution in [3.8, 4) is 16.3 Å². The number of carbonyl (C=O) groups is 1. The van der Waals surface area contributed by atoms with Gasteiger partial charge in [0.15, 0.2) is 5.54 Å². The number of nitrogens with one attached hydrogen (secondary N) is 2. The van der Waals surface area contributed by atoms with E-state index in [2.05, 4.69) is 15.7 Å².